The standard InChI is InChI=1S/C80H101N5O12/c1-49(2)40-78(3,93)46-82-47-84-70-21-7-18-57(44-88)95-69-38-54(36-53(74(69)92)16-11-33-86)77-80(70,94-48-85-56-17-8-29-79(41-56)30-9-19-65(79)68(91)20-12-34-87)42-64-61-39-63-71(52-22-26-66-51(35-52)28-32-83-66)55(43-81-31-10-15-50-13-5-4-6-14-50)37-62-67(90)27-25-59(72(62)63)73(61)76-60(75(64)97-77)24-23-58(45-89)96-76/h4-6,13-14,22,25-28,32,35-38,49,56-58,63,65,70-71,77,81-90,92-93H,8-12,15-20,23-24,29-31,33-34,39-48H2,1-3H3. The first-order chi connectivity index (χ1) is 47.1. The normalized spacial score (nSPS) is 26.0. The number of fused-ring (bicyclic) bond motifs is 12. The van der Waals surface area contributed by atoms with Crippen molar-refractivity contribution in [3.05, 3.63) is 141 Å². The van der Waals surface area contributed by atoms with Crippen LogP contribution in [0.4, 0.5) is 0 Å². The third-order valence-electron chi connectivity index (χ3n) is 22.3. The zero-order valence-corrected chi connectivity index (χ0v) is 56.8. The summed E-state index contributed by atoms with van der Waals surface area (Å²) in [5, 5.41) is 94.6. The van der Waals surface area contributed by atoms with Gasteiger partial charge in [0.2, 0.25) is 0 Å². The SMILES string of the molecule is CC(C)CC(C)(O)CNCNC1C#CCC(CO)Oc2cc(cc(CCCO)c2O)C2Oc3c(c4c(c5c3CCC(CO)O5)-c3ccc(O)c5c3C(C4)C(c3ccc4[nH]ccc4c3)C(CNCCCc3ccccc3)=C5)CC12OCNC1CCCC2(CCCC2C(=O)CCCO)C1. The monoisotopic (exact) mass is 1320 g/mol. The van der Waals surface area contributed by atoms with Crippen molar-refractivity contribution < 1.29 is 59.5 Å². The van der Waals surface area contributed by atoms with Crippen LogP contribution in [0, 0.1) is 29.1 Å². The molecule has 5 aromatic carbocycles. The minimum absolute atomic E-state index is 0.00799. The third kappa shape index (κ3) is 14.2. The molecule has 2 saturated carbocycles. The highest BCUT2D eigenvalue weighted by atomic mass is 16.6. The third-order valence-corrected chi connectivity index (χ3v) is 22.3. The summed E-state index contributed by atoms with van der Waals surface area (Å²) in [4.78, 5) is 17.4. The zero-order valence-electron chi connectivity index (χ0n) is 56.8. The number of aliphatic hydroxyl groups excluding tert-OH is 4. The fourth-order valence-electron chi connectivity index (χ4n) is 18.1. The molecule has 4 aliphatic carbocycles. The Hall–Kier alpha value is -6.79. The molecule has 2 bridgehead atoms. The Morgan fingerprint density at radius 3 is 2.46 bits per heavy atom. The largest absolute Gasteiger partial charge is 0.507 e. The number of hydrogen-bond donors (Lipinski definition) is 12. The molecule has 0 saturated heterocycles. The minimum Gasteiger partial charge on any atom is -0.507 e. The number of hydrogen-bond acceptors (Lipinski definition) is 16. The molecule has 11 atom stereocenters. The summed E-state index contributed by atoms with van der Waals surface area (Å²) in [6, 6.07) is 26.2. The quantitative estimate of drug-likeness (QED) is 0.0130. The van der Waals surface area contributed by atoms with Crippen molar-refractivity contribution in [2.24, 2.45) is 17.3 Å². The number of aryl methyl sites for hydroxylation is 2. The zero-order chi connectivity index (χ0) is 67.4. The van der Waals surface area contributed by atoms with E-state index in [1.807, 2.05) is 37.4 Å². The molecule has 518 valence electrons. The molecule has 3 aliphatic heterocycles. The second-order valence-electron chi connectivity index (χ2n) is 29.6. The van der Waals surface area contributed by atoms with Crippen LogP contribution in [0.3, 0.4) is 0 Å². The predicted octanol–water partition coefficient (Wildman–Crippen LogP) is 10.4. The van der Waals surface area contributed by atoms with Gasteiger partial charge in [0, 0.05) is 104 Å². The van der Waals surface area contributed by atoms with E-state index in [4.69, 9.17) is 18.9 Å². The Morgan fingerprint density at radius 1 is 0.835 bits per heavy atom. The predicted molar refractivity (Wildman–Crippen MR) is 376 cm³/mol. The molecule has 1 spiro atoms. The summed E-state index contributed by atoms with van der Waals surface area (Å²) < 4.78 is 29.7. The van der Waals surface area contributed by atoms with Crippen molar-refractivity contribution in [1.82, 2.24) is 26.3 Å². The molecule has 6 aromatic rings. The highest BCUT2D eigenvalue weighted by molar-refractivity contribution is 5.90. The Bertz CT molecular complexity index is 3870. The number of Topliss-reactive ketones (excluding diaryl/α,β-unsaturated/α-hetero) is 1. The Morgan fingerprint density at radius 2 is 1.66 bits per heavy atom. The van der Waals surface area contributed by atoms with Crippen molar-refractivity contribution in [1.29, 1.82) is 0 Å². The van der Waals surface area contributed by atoms with Gasteiger partial charge in [-0.2, -0.15) is 0 Å². The molecule has 97 heavy (non-hydrogen) atoms. The van der Waals surface area contributed by atoms with Gasteiger partial charge in [-0.25, -0.2) is 0 Å². The fraction of sp³-hybridized carbons (Fsp3) is 0.537. The average Bonchev–Trinajstić information content (AvgIpc) is 0.819. The first-order valence-electron chi connectivity index (χ1n) is 36.1. The number of phenols is 2. The van der Waals surface area contributed by atoms with E-state index < -0.39 is 35.6 Å². The molecular formula is C80H101N5O12. The van der Waals surface area contributed by atoms with Crippen LogP contribution in [-0.2, 0) is 41.6 Å². The number of carbonyl (C=O) groups is 1. The van der Waals surface area contributed by atoms with Gasteiger partial charge in [-0.1, -0.05) is 81.0 Å². The van der Waals surface area contributed by atoms with Crippen molar-refractivity contribution in [2.45, 2.75) is 196 Å². The number of carbonyl (C=O) groups excluding carboxylic acids is 1. The number of aromatic amines is 1. The van der Waals surface area contributed by atoms with Crippen LogP contribution >= 0.6 is 0 Å². The summed E-state index contributed by atoms with van der Waals surface area (Å²) >= 11 is 0. The molecular weight excluding hydrogens is 1220 g/mol. The minimum atomic E-state index is -1.44. The van der Waals surface area contributed by atoms with Crippen LogP contribution in [0.2, 0.25) is 0 Å². The number of aliphatic hydroxyl groups is 5. The van der Waals surface area contributed by atoms with E-state index in [1.165, 1.54) is 5.56 Å². The molecule has 0 radical (unpaired) electrons. The van der Waals surface area contributed by atoms with Crippen molar-refractivity contribution in [3.63, 3.8) is 0 Å². The summed E-state index contributed by atoms with van der Waals surface area (Å²) in [6.45, 7) is 7.25. The van der Waals surface area contributed by atoms with Gasteiger partial charge in [-0.15, -0.1) is 0 Å². The summed E-state index contributed by atoms with van der Waals surface area (Å²) in [5.41, 5.74) is 9.63. The van der Waals surface area contributed by atoms with Crippen molar-refractivity contribution >= 4 is 22.8 Å². The van der Waals surface area contributed by atoms with E-state index in [0.717, 1.165) is 125 Å². The molecule has 2 fully saturated rings. The van der Waals surface area contributed by atoms with Crippen molar-refractivity contribution in [2.75, 3.05) is 59.5 Å². The number of benzene rings is 5. The van der Waals surface area contributed by atoms with Gasteiger partial charge in [-0.05, 0) is 213 Å². The lowest BCUT2D eigenvalue weighted by atomic mass is 9.62. The van der Waals surface area contributed by atoms with Crippen LogP contribution in [0.15, 0.2) is 90.6 Å². The Labute approximate surface area is 571 Å². The van der Waals surface area contributed by atoms with Gasteiger partial charge in [0.15, 0.2) is 17.6 Å². The van der Waals surface area contributed by atoms with Crippen LogP contribution < -0.4 is 35.5 Å². The van der Waals surface area contributed by atoms with E-state index in [2.05, 4.69) is 107 Å². The summed E-state index contributed by atoms with van der Waals surface area (Å²) in [7, 11) is 0. The number of nitrogens with one attached hydrogen (secondary N) is 5. The van der Waals surface area contributed by atoms with Crippen LogP contribution in [-0.4, -0.2) is 141 Å². The van der Waals surface area contributed by atoms with Gasteiger partial charge >= 0.3 is 0 Å². The van der Waals surface area contributed by atoms with E-state index >= 15 is 0 Å². The maximum atomic E-state index is 14.0. The van der Waals surface area contributed by atoms with Crippen molar-refractivity contribution in [3.8, 4) is 51.7 Å². The molecule has 1 aromatic heterocycles. The summed E-state index contributed by atoms with van der Waals surface area (Å²) in [6.07, 6.45) is 14.1. The maximum Gasteiger partial charge on any atom is 0.162 e. The highest BCUT2D eigenvalue weighted by Crippen LogP contribution is 2.62. The number of phenolic OH excluding ortho intramolecular Hbond substituents is 2. The molecule has 17 heteroatoms. The highest BCUT2D eigenvalue weighted by Gasteiger charge is 2.56. The molecule has 17 nitrogen and oxygen atoms in total. The summed E-state index contributed by atoms with van der Waals surface area (Å²) in [5.74, 6) is 8.75. The van der Waals surface area contributed by atoms with Crippen LogP contribution in [0.25, 0.3) is 28.1 Å². The van der Waals surface area contributed by atoms with Gasteiger partial charge in [0.25, 0.3) is 0 Å². The lowest BCUT2D eigenvalue weighted by molar-refractivity contribution is -0.145. The topological polar surface area (TPSA) is 260 Å². The lowest BCUT2D eigenvalue weighted by Crippen LogP contribution is -2.62. The molecule has 11 unspecified atom stereocenters. The van der Waals surface area contributed by atoms with E-state index in [9.17, 15) is 40.5 Å². The molecule has 12 N–H and O–H groups in total. The number of H-pyrrole nitrogens is 1. The average molecular weight is 1320 g/mol. The smallest absolute Gasteiger partial charge is 0.162 e. The number of ether oxygens (including phenoxy) is 4. The molecule has 0 amide bonds. The molecule has 13 rings (SSSR count). The number of aromatic hydroxyl groups is 2. The van der Waals surface area contributed by atoms with Gasteiger partial charge in [0.1, 0.15) is 46.9 Å². The van der Waals surface area contributed by atoms with E-state index in [0.29, 0.717) is 80.5 Å². The van der Waals surface area contributed by atoms with Gasteiger partial charge in [0.05, 0.1) is 25.5 Å². The first-order valence-corrected chi connectivity index (χ1v) is 36.1. The van der Waals surface area contributed by atoms with E-state index in [-0.39, 0.29) is 117 Å². The lowest BCUT2D eigenvalue weighted by Gasteiger charge is -2.50. The van der Waals surface area contributed by atoms with Crippen LogP contribution in [0.1, 0.15) is 179 Å². The van der Waals surface area contributed by atoms with E-state index in [1.54, 1.807) is 6.07 Å². The maximum absolute atomic E-state index is 14.0. The number of rotatable bonds is 27. The van der Waals surface area contributed by atoms with Gasteiger partial charge in [-0.3, -0.25) is 15.4 Å². The Kier molecular flexibility index (Phi) is 21.2. The number of aromatic nitrogens is 1. The van der Waals surface area contributed by atoms with Gasteiger partial charge < -0.3 is 70.3 Å². The number of ketones is 1. The first kappa shape index (κ1) is 68.7. The second-order valence-corrected chi connectivity index (χ2v) is 29.6. The molecule has 7 aliphatic rings. The van der Waals surface area contributed by atoms with Crippen LogP contribution in [0.5, 0.6) is 28.7 Å². The molecule has 4 heterocycles. The Balaban J connectivity index is 0.983. The fourth-order valence-corrected chi connectivity index (χ4v) is 18.1. The second kappa shape index (κ2) is 30.0.